The monoisotopic (exact) mass is 487 g/mol. The van der Waals surface area contributed by atoms with Gasteiger partial charge in [-0.15, -0.1) is 11.3 Å². The zero-order valence-corrected chi connectivity index (χ0v) is 20.4. The van der Waals surface area contributed by atoms with Crippen molar-refractivity contribution in [2.75, 3.05) is 37.0 Å². The number of nitrogens with one attached hydrogen (secondary N) is 2. The van der Waals surface area contributed by atoms with E-state index in [9.17, 15) is 15.3 Å². The summed E-state index contributed by atoms with van der Waals surface area (Å²) in [6.45, 7) is 5.80. The number of ether oxygens (including phenoxy) is 1. The third kappa shape index (κ3) is 5.31. The number of nitrogens with zero attached hydrogens (tertiary/aromatic N) is 3. The van der Waals surface area contributed by atoms with Gasteiger partial charge in [-0.25, -0.2) is 9.97 Å². The van der Waals surface area contributed by atoms with Crippen LogP contribution < -0.4 is 10.6 Å². The number of rotatable bonds is 11. The Morgan fingerprint density at radius 2 is 2.03 bits per heavy atom. The maximum Gasteiger partial charge on any atom is 0.224 e. The Bertz CT molecular complexity index is 1080. The molecule has 5 N–H and O–H groups in total. The predicted octanol–water partition coefficient (Wildman–Crippen LogP) is 3.15. The first-order valence-corrected chi connectivity index (χ1v) is 12.6. The van der Waals surface area contributed by atoms with Crippen LogP contribution >= 0.6 is 11.3 Å². The minimum Gasteiger partial charge on any atom is -0.396 e. The number of benzene rings is 1. The Kier molecular flexibility index (Phi) is 7.95. The number of aryl methyl sites for hydroxylation is 1. The van der Waals surface area contributed by atoms with Gasteiger partial charge < -0.3 is 30.7 Å². The van der Waals surface area contributed by atoms with Gasteiger partial charge in [0.25, 0.3) is 0 Å². The number of anilines is 2. The highest BCUT2D eigenvalue weighted by molar-refractivity contribution is 7.21. The molecular weight excluding hydrogens is 454 g/mol. The first-order valence-electron chi connectivity index (χ1n) is 11.8. The van der Waals surface area contributed by atoms with Crippen LogP contribution in [0.5, 0.6) is 0 Å². The number of para-hydroxylation sites is 1. The molecule has 4 rings (SSSR count). The van der Waals surface area contributed by atoms with E-state index < -0.39 is 17.7 Å². The Hall–Kier alpha value is -2.37. The third-order valence-electron chi connectivity index (χ3n) is 6.20. The Balaban J connectivity index is 1.64. The number of hydrogen-bond donors (Lipinski definition) is 5. The van der Waals surface area contributed by atoms with Crippen molar-refractivity contribution in [2.45, 2.75) is 51.4 Å². The van der Waals surface area contributed by atoms with E-state index in [2.05, 4.69) is 20.6 Å². The van der Waals surface area contributed by atoms with E-state index >= 15 is 0 Å². The maximum atomic E-state index is 11.2. The van der Waals surface area contributed by atoms with Crippen LogP contribution in [-0.2, 0) is 4.74 Å². The van der Waals surface area contributed by atoms with Crippen molar-refractivity contribution in [3.63, 3.8) is 0 Å². The molecule has 2 heterocycles. The zero-order valence-electron chi connectivity index (χ0n) is 19.6. The van der Waals surface area contributed by atoms with Crippen LogP contribution in [0.4, 0.5) is 11.8 Å². The fourth-order valence-corrected chi connectivity index (χ4v) is 5.35. The maximum absolute atomic E-state index is 11.2. The SMILES string of the molecule is CCOCCCCNc1nc(C)c(-c2nc3ccccc3s2)c(NC2(O)CCC(CO)C2O)n1. The van der Waals surface area contributed by atoms with Crippen LogP contribution in [-0.4, -0.2) is 68.5 Å². The lowest BCUT2D eigenvalue weighted by Crippen LogP contribution is -2.48. The number of aliphatic hydroxyl groups is 3. The van der Waals surface area contributed by atoms with Gasteiger partial charge in [0.2, 0.25) is 5.95 Å². The average Bonchev–Trinajstić information content (AvgIpc) is 3.36. The van der Waals surface area contributed by atoms with Gasteiger partial charge in [0, 0.05) is 32.3 Å². The number of fused-ring (bicyclic) bond motifs is 1. The van der Waals surface area contributed by atoms with E-state index in [1.165, 1.54) is 11.3 Å². The summed E-state index contributed by atoms with van der Waals surface area (Å²) < 4.78 is 6.42. The minimum absolute atomic E-state index is 0.187. The highest BCUT2D eigenvalue weighted by atomic mass is 32.1. The molecule has 3 aromatic rings. The van der Waals surface area contributed by atoms with Crippen LogP contribution in [0.2, 0.25) is 0 Å². The lowest BCUT2D eigenvalue weighted by molar-refractivity contribution is -0.0545. The molecule has 1 saturated carbocycles. The fourth-order valence-electron chi connectivity index (χ4n) is 4.28. The lowest BCUT2D eigenvalue weighted by atomic mass is 10.0. The van der Waals surface area contributed by atoms with E-state index in [0.29, 0.717) is 49.0 Å². The molecule has 0 spiro atoms. The molecule has 34 heavy (non-hydrogen) atoms. The molecule has 9 nitrogen and oxygen atoms in total. The molecule has 1 fully saturated rings. The summed E-state index contributed by atoms with van der Waals surface area (Å²) in [6, 6.07) is 7.88. The van der Waals surface area contributed by atoms with Gasteiger partial charge >= 0.3 is 0 Å². The number of aromatic nitrogens is 3. The molecule has 184 valence electrons. The normalized spacial score (nSPS) is 22.4. The van der Waals surface area contributed by atoms with Crippen molar-refractivity contribution < 1.29 is 20.1 Å². The fraction of sp³-hybridized carbons (Fsp3) is 0.542. The van der Waals surface area contributed by atoms with Crippen molar-refractivity contribution in [1.82, 2.24) is 15.0 Å². The van der Waals surface area contributed by atoms with Crippen molar-refractivity contribution in [3.8, 4) is 10.6 Å². The molecule has 1 aliphatic carbocycles. The summed E-state index contributed by atoms with van der Waals surface area (Å²) in [5, 5.41) is 38.5. The van der Waals surface area contributed by atoms with Crippen LogP contribution in [0.15, 0.2) is 24.3 Å². The number of unbranched alkanes of at least 4 members (excludes halogenated alkanes) is 1. The van der Waals surface area contributed by atoms with Gasteiger partial charge in [0.15, 0.2) is 5.72 Å². The highest BCUT2D eigenvalue weighted by Crippen LogP contribution is 2.40. The number of thiazole rings is 1. The number of hydrogen-bond acceptors (Lipinski definition) is 10. The van der Waals surface area contributed by atoms with E-state index in [1.807, 2.05) is 38.1 Å². The van der Waals surface area contributed by atoms with E-state index in [1.54, 1.807) is 0 Å². The van der Waals surface area contributed by atoms with E-state index in [4.69, 9.17) is 9.72 Å². The van der Waals surface area contributed by atoms with Crippen molar-refractivity contribution in [2.24, 2.45) is 5.92 Å². The summed E-state index contributed by atoms with van der Waals surface area (Å²) >= 11 is 1.53. The van der Waals surface area contributed by atoms with Gasteiger partial charge in [0.05, 0.1) is 21.5 Å². The second-order valence-corrected chi connectivity index (χ2v) is 9.68. The second kappa shape index (κ2) is 10.9. The molecule has 3 unspecified atom stereocenters. The van der Waals surface area contributed by atoms with Crippen LogP contribution in [0, 0.1) is 12.8 Å². The molecule has 10 heteroatoms. The Morgan fingerprint density at radius 1 is 1.21 bits per heavy atom. The predicted molar refractivity (Wildman–Crippen MR) is 134 cm³/mol. The highest BCUT2D eigenvalue weighted by Gasteiger charge is 2.47. The summed E-state index contributed by atoms with van der Waals surface area (Å²) in [5.74, 6) is 0.453. The standard InChI is InChI=1S/C24H33N5O4S/c1-3-33-13-7-6-12-25-23-26-15(2)19(22-27-17-8-4-5-9-18(17)34-22)21(28-23)29-24(32)11-10-16(14-30)20(24)31/h4-5,8-9,16,20,30-32H,3,6-7,10-14H2,1-2H3,(H2,25,26,28,29). The summed E-state index contributed by atoms with van der Waals surface area (Å²) in [4.78, 5) is 14.1. The minimum atomic E-state index is -1.60. The topological polar surface area (TPSA) is 133 Å². The molecule has 0 saturated heterocycles. The first kappa shape index (κ1) is 24.7. The molecule has 3 atom stereocenters. The second-order valence-electron chi connectivity index (χ2n) is 8.65. The molecule has 0 radical (unpaired) electrons. The van der Waals surface area contributed by atoms with Gasteiger partial charge in [-0.2, -0.15) is 4.98 Å². The van der Waals surface area contributed by atoms with Gasteiger partial charge in [0.1, 0.15) is 16.9 Å². The lowest BCUT2D eigenvalue weighted by Gasteiger charge is -2.31. The van der Waals surface area contributed by atoms with Gasteiger partial charge in [-0.3, -0.25) is 0 Å². The van der Waals surface area contributed by atoms with Crippen molar-refractivity contribution >= 4 is 33.3 Å². The Morgan fingerprint density at radius 3 is 2.76 bits per heavy atom. The molecule has 1 aliphatic rings. The van der Waals surface area contributed by atoms with Crippen molar-refractivity contribution in [1.29, 1.82) is 0 Å². The third-order valence-corrected chi connectivity index (χ3v) is 7.26. The van der Waals surface area contributed by atoms with Crippen LogP contribution in [0.3, 0.4) is 0 Å². The van der Waals surface area contributed by atoms with E-state index in [0.717, 1.165) is 34.7 Å². The van der Waals surface area contributed by atoms with Gasteiger partial charge in [-0.1, -0.05) is 12.1 Å². The molecule has 2 aromatic heterocycles. The molecule has 1 aromatic carbocycles. The molecule has 0 bridgehead atoms. The molecule has 0 amide bonds. The Labute approximate surface area is 203 Å². The van der Waals surface area contributed by atoms with Crippen LogP contribution in [0.25, 0.3) is 20.8 Å². The summed E-state index contributed by atoms with van der Waals surface area (Å²) in [5.41, 5.74) is 0.678. The molecule has 0 aliphatic heterocycles. The van der Waals surface area contributed by atoms with Crippen LogP contribution in [0.1, 0.15) is 38.3 Å². The van der Waals surface area contributed by atoms with Gasteiger partial charge in [-0.05, 0) is 51.7 Å². The van der Waals surface area contributed by atoms with E-state index in [-0.39, 0.29) is 6.61 Å². The number of aliphatic hydroxyl groups excluding tert-OH is 2. The summed E-state index contributed by atoms with van der Waals surface area (Å²) in [7, 11) is 0. The first-order chi connectivity index (χ1) is 16.4. The summed E-state index contributed by atoms with van der Waals surface area (Å²) in [6.07, 6.45) is 1.52. The average molecular weight is 488 g/mol. The molecular formula is C24H33N5O4S. The largest absolute Gasteiger partial charge is 0.396 e. The smallest absolute Gasteiger partial charge is 0.224 e. The van der Waals surface area contributed by atoms with Crippen molar-refractivity contribution in [3.05, 3.63) is 30.0 Å². The zero-order chi connectivity index (χ0) is 24.1. The quantitative estimate of drug-likeness (QED) is 0.204.